The van der Waals surface area contributed by atoms with Crippen LogP contribution in [0.2, 0.25) is 0 Å². The SMILES string of the molecule is N#Cc1c(C(=O)O)nn(-c2ccc(F)cc2)c1N. The number of halogens is 1. The normalized spacial score (nSPS) is 10.0. The highest BCUT2D eigenvalue weighted by molar-refractivity contribution is 5.90. The Morgan fingerprint density at radius 3 is 2.50 bits per heavy atom. The number of carboxylic acid groups (broad SMARTS) is 1. The van der Waals surface area contributed by atoms with Gasteiger partial charge in [0.05, 0.1) is 5.69 Å². The largest absolute Gasteiger partial charge is 0.476 e. The molecule has 0 bridgehead atoms. The molecule has 2 aromatic rings. The Labute approximate surface area is 101 Å². The standard InChI is InChI=1S/C11H7FN4O2/c12-6-1-3-7(4-2-6)16-10(14)8(5-13)9(15-16)11(17)18/h1-4H,14H2,(H,17,18). The van der Waals surface area contributed by atoms with Gasteiger partial charge in [-0.3, -0.25) is 0 Å². The summed E-state index contributed by atoms with van der Waals surface area (Å²) in [5.41, 5.74) is 5.37. The van der Waals surface area contributed by atoms with Crippen molar-refractivity contribution in [3.63, 3.8) is 0 Å². The number of aromatic nitrogens is 2. The average molecular weight is 246 g/mol. The molecule has 0 aliphatic carbocycles. The number of hydrogen-bond acceptors (Lipinski definition) is 4. The molecule has 0 radical (unpaired) electrons. The summed E-state index contributed by atoms with van der Waals surface area (Å²) >= 11 is 0. The second-order valence-corrected chi connectivity index (χ2v) is 3.41. The van der Waals surface area contributed by atoms with Gasteiger partial charge < -0.3 is 10.8 Å². The van der Waals surface area contributed by atoms with E-state index >= 15 is 0 Å². The van der Waals surface area contributed by atoms with Gasteiger partial charge in [0, 0.05) is 0 Å². The summed E-state index contributed by atoms with van der Waals surface area (Å²) in [5, 5.41) is 21.5. The summed E-state index contributed by atoms with van der Waals surface area (Å²) in [7, 11) is 0. The summed E-state index contributed by atoms with van der Waals surface area (Å²) in [6, 6.07) is 6.81. The first-order valence-electron chi connectivity index (χ1n) is 4.82. The first-order chi connectivity index (χ1) is 8.54. The summed E-state index contributed by atoms with van der Waals surface area (Å²) < 4.78 is 13.9. The first-order valence-corrected chi connectivity index (χ1v) is 4.82. The van der Waals surface area contributed by atoms with Crippen LogP contribution < -0.4 is 5.73 Å². The van der Waals surface area contributed by atoms with Gasteiger partial charge in [-0.25, -0.2) is 13.9 Å². The van der Waals surface area contributed by atoms with Gasteiger partial charge in [0.2, 0.25) is 0 Å². The van der Waals surface area contributed by atoms with E-state index in [-0.39, 0.29) is 11.4 Å². The number of nitrogens with zero attached hydrogens (tertiary/aromatic N) is 3. The molecule has 0 unspecified atom stereocenters. The van der Waals surface area contributed by atoms with Gasteiger partial charge in [0.25, 0.3) is 0 Å². The molecule has 18 heavy (non-hydrogen) atoms. The number of hydrogen-bond donors (Lipinski definition) is 2. The second-order valence-electron chi connectivity index (χ2n) is 3.41. The minimum atomic E-state index is -1.35. The van der Waals surface area contributed by atoms with E-state index in [0.29, 0.717) is 5.69 Å². The van der Waals surface area contributed by atoms with Crippen molar-refractivity contribution in [3.05, 3.63) is 41.3 Å². The molecule has 0 amide bonds. The van der Waals surface area contributed by atoms with Crippen molar-refractivity contribution in [2.45, 2.75) is 0 Å². The predicted octanol–water partition coefficient (Wildman–Crippen LogP) is 1.16. The van der Waals surface area contributed by atoms with E-state index in [4.69, 9.17) is 16.1 Å². The fourth-order valence-corrected chi connectivity index (χ4v) is 1.47. The number of anilines is 1. The predicted molar refractivity (Wildman–Crippen MR) is 59.6 cm³/mol. The van der Waals surface area contributed by atoms with Crippen molar-refractivity contribution >= 4 is 11.8 Å². The fraction of sp³-hybridized carbons (Fsp3) is 0. The van der Waals surface area contributed by atoms with Crippen LogP contribution in [0.5, 0.6) is 0 Å². The number of rotatable bonds is 2. The highest BCUT2D eigenvalue weighted by Crippen LogP contribution is 2.20. The maximum atomic E-state index is 12.8. The van der Waals surface area contributed by atoms with Crippen molar-refractivity contribution < 1.29 is 14.3 Å². The molecule has 2 rings (SSSR count). The van der Waals surface area contributed by atoms with Crippen LogP contribution in [0.3, 0.4) is 0 Å². The van der Waals surface area contributed by atoms with Crippen LogP contribution in [0.1, 0.15) is 16.1 Å². The van der Waals surface area contributed by atoms with E-state index in [1.165, 1.54) is 24.3 Å². The van der Waals surface area contributed by atoms with E-state index in [2.05, 4.69) is 5.10 Å². The van der Waals surface area contributed by atoms with Crippen LogP contribution in [0.25, 0.3) is 5.69 Å². The maximum absolute atomic E-state index is 12.8. The molecular weight excluding hydrogens is 239 g/mol. The topological polar surface area (TPSA) is 105 Å². The van der Waals surface area contributed by atoms with Gasteiger partial charge in [0.15, 0.2) is 5.69 Å². The smallest absolute Gasteiger partial charge is 0.357 e. The molecule has 0 saturated heterocycles. The minimum Gasteiger partial charge on any atom is -0.476 e. The van der Waals surface area contributed by atoms with Gasteiger partial charge in [-0.2, -0.15) is 10.4 Å². The van der Waals surface area contributed by atoms with Crippen LogP contribution in [0.15, 0.2) is 24.3 Å². The number of nitriles is 1. The lowest BCUT2D eigenvalue weighted by atomic mass is 10.2. The number of carboxylic acids is 1. The summed E-state index contributed by atoms with van der Waals surface area (Å²) in [4.78, 5) is 10.9. The molecule has 3 N–H and O–H groups in total. The third kappa shape index (κ3) is 1.76. The van der Waals surface area contributed by atoms with Crippen LogP contribution in [-0.4, -0.2) is 20.9 Å². The lowest BCUT2D eigenvalue weighted by molar-refractivity contribution is 0.0689. The Bertz CT molecular complexity index is 655. The zero-order chi connectivity index (χ0) is 13.3. The number of benzene rings is 1. The Morgan fingerprint density at radius 2 is 2.06 bits per heavy atom. The molecule has 0 spiro atoms. The summed E-state index contributed by atoms with van der Waals surface area (Å²) in [6.07, 6.45) is 0. The highest BCUT2D eigenvalue weighted by atomic mass is 19.1. The quantitative estimate of drug-likeness (QED) is 0.827. The van der Waals surface area contributed by atoms with Crippen molar-refractivity contribution in [2.75, 3.05) is 5.73 Å². The number of nitrogen functional groups attached to an aromatic ring is 1. The van der Waals surface area contributed by atoms with E-state index in [1.54, 1.807) is 6.07 Å². The van der Waals surface area contributed by atoms with Gasteiger partial charge in [-0.05, 0) is 24.3 Å². The Morgan fingerprint density at radius 1 is 1.44 bits per heavy atom. The van der Waals surface area contributed by atoms with Gasteiger partial charge in [0.1, 0.15) is 23.3 Å². The van der Waals surface area contributed by atoms with Crippen LogP contribution >= 0.6 is 0 Å². The summed E-state index contributed by atoms with van der Waals surface area (Å²) in [5.74, 6) is -1.89. The van der Waals surface area contributed by atoms with E-state index in [0.717, 1.165) is 4.68 Å². The lowest BCUT2D eigenvalue weighted by Crippen LogP contribution is -2.03. The number of carbonyl (C=O) groups is 1. The fourth-order valence-electron chi connectivity index (χ4n) is 1.47. The maximum Gasteiger partial charge on any atom is 0.357 e. The van der Waals surface area contributed by atoms with Gasteiger partial charge in [-0.1, -0.05) is 0 Å². The third-order valence-corrected chi connectivity index (χ3v) is 2.31. The zero-order valence-corrected chi connectivity index (χ0v) is 8.96. The molecule has 6 nitrogen and oxygen atoms in total. The molecule has 0 aliphatic rings. The molecule has 0 atom stereocenters. The van der Waals surface area contributed by atoms with Crippen molar-refractivity contribution in [1.82, 2.24) is 9.78 Å². The molecule has 1 heterocycles. The van der Waals surface area contributed by atoms with Crippen molar-refractivity contribution in [1.29, 1.82) is 5.26 Å². The third-order valence-electron chi connectivity index (χ3n) is 2.31. The monoisotopic (exact) mass is 246 g/mol. The van der Waals surface area contributed by atoms with E-state index < -0.39 is 17.5 Å². The molecule has 0 aliphatic heterocycles. The minimum absolute atomic E-state index is 0.0958. The van der Waals surface area contributed by atoms with Crippen LogP contribution in [0.4, 0.5) is 10.2 Å². The zero-order valence-electron chi connectivity index (χ0n) is 8.96. The molecule has 0 fully saturated rings. The van der Waals surface area contributed by atoms with Crippen LogP contribution in [0, 0.1) is 17.1 Å². The second kappa shape index (κ2) is 4.18. The van der Waals surface area contributed by atoms with Crippen molar-refractivity contribution in [3.8, 4) is 11.8 Å². The highest BCUT2D eigenvalue weighted by Gasteiger charge is 2.21. The molecular formula is C11H7FN4O2. The lowest BCUT2D eigenvalue weighted by Gasteiger charge is -2.02. The van der Waals surface area contributed by atoms with E-state index in [9.17, 15) is 9.18 Å². The molecule has 7 heteroatoms. The Kier molecular flexibility index (Phi) is 2.69. The Hall–Kier alpha value is -2.88. The van der Waals surface area contributed by atoms with Crippen molar-refractivity contribution in [2.24, 2.45) is 0 Å². The molecule has 1 aromatic carbocycles. The van der Waals surface area contributed by atoms with Gasteiger partial charge in [-0.15, -0.1) is 0 Å². The first kappa shape index (κ1) is 11.6. The summed E-state index contributed by atoms with van der Waals surface area (Å²) in [6.45, 7) is 0. The molecule has 1 aromatic heterocycles. The molecule has 90 valence electrons. The van der Waals surface area contributed by atoms with Crippen LogP contribution in [-0.2, 0) is 0 Å². The Balaban J connectivity index is 2.63. The average Bonchev–Trinajstić information content (AvgIpc) is 2.67. The molecule has 0 saturated carbocycles. The number of nitrogens with two attached hydrogens (primary N) is 1. The van der Waals surface area contributed by atoms with Gasteiger partial charge >= 0.3 is 5.97 Å². The number of aromatic carboxylic acids is 1. The van der Waals surface area contributed by atoms with E-state index in [1.807, 2.05) is 0 Å².